The highest BCUT2D eigenvalue weighted by molar-refractivity contribution is 5.89. The van der Waals surface area contributed by atoms with E-state index in [-0.39, 0.29) is 35.5 Å². The third kappa shape index (κ3) is 33.6. The first-order valence-electron chi connectivity index (χ1n) is 20.6. The fraction of sp³-hybridized carbons (Fsp3) is 0.857. The predicted molar refractivity (Wildman–Crippen MR) is 207 cm³/mol. The van der Waals surface area contributed by atoms with Gasteiger partial charge in [-0.2, -0.15) is 0 Å². The second-order valence-electron chi connectivity index (χ2n) is 14.4. The van der Waals surface area contributed by atoms with Crippen LogP contribution in [0.4, 0.5) is 0 Å². The van der Waals surface area contributed by atoms with Gasteiger partial charge < -0.3 is 39.1 Å². The monoisotopic (exact) mass is 788 g/mol. The molecule has 0 heterocycles. The highest BCUT2D eigenvalue weighted by atomic mass is 127. The van der Waals surface area contributed by atoms with Crippen molar-refractivity contribution in [3.05, 3.63) is 24.6 Å². The Hall–Kier alpha value is -0.890. The van der Waals surface area contributed by atoms with Crippen molar-refractivity contribution >= 4 is 11.6 Å². The van der Waals surface area contributed by atoms with Crippen molar-refractivity contribution < 1.29 is 38.0 Å². The lowest BCUT2D eigenvalue weighted by atomic mass is 10.0. The van der Waals surface area contributed by atoms with E-state index in [1.54, 1.807) is 24.6 Å². The molecule has 5 nitrogen and oxygen atoms in total. The molecular formula is C42H82IN3O2. The summed E-state index contributed by atoms with van der Waals surface area (Å²) in [6.45, 7) is 9.07. The molecule has 0 spiro atoms. The molecule has 0 aromatic carbocycles. The van der Waals surface area contributed by atoms with Crippen molar-refractivity contribution in [2.24, 2.45) is 0 Å². The van der Waals surface area contributed by atoms with Crippen LogP contribution in [0.25, 0.3) is 0 Å². The Kier molecular flexibility index (Phi) is 39.9. The summed E-state index contributed by atoms with van der Waals surface area (Å²) in [4.78, 5) is 24.9. The molecule has 0 saturated heterocycles. The first-order chi connectivity index (χ1) is 23.0. The van der Waals surface area contributed by atoms with Gasteiger partial charge in [0, 0.05) is 39.8 Å². The van der Waals surface area contributed by atoms with Gasteiger partial charge >= 0.3 is 0 Å². The van der Waals surface area contributed by atoms with Crippen molar-refractivity contribution in [3.8, 4) is 0 Å². The maximum absolute atomic E-state index is 12.4. The van der Waals surface area contributed by atoms with E-state index in [0.29, 0.717) is 12.8 Å². The number of halogens is 1. The van der Waals surface area contributed by atoms with Crippen LogP contribution in [0.2, 0.25) is 0 Å². The molecule has 6 heteroatoms. The van der Waals surface area contributed by atoms with Crippen molar-refractivity contribution in [2.45, 2.75) is 194 Å². The standard InChI is InChI=1S/C42H81N3O2.HI/c1-5-7-9-11-13-15-17-19-21-23-25-27-37-45(39-29-31-41(46)33-35-43-3,40-30-32-42(47)34-36-44-4)38-28-26-24-22-20-18-16-14-12-10-8-6-2;/h33-36H,5-32,37-40H2,1-4H3,(H-,43,44,46,47);1H. The number of carbonyl (C=O) groups excluding carboxylic acids is 2. The minimum absolute atomic E-state index is 0. The largest absolute Gasteiger partial charge is 1.00 e. The number of nitrogens with one attached hydrogen (secondary N) is 2. The summed E-state index contributed by atoms with van der Waals surface area (Å²) in [5, 5.41) is 5.89. The average molecular weight is 788 g/mol. The van der Waals surface area contributed by atoms with E-state index in [9.17, 15) is 9.59 Å². The molecule has 284 valence electrons. The number of quaternary nitrogens is 1. The van der Waals surface area contributed by atoms with E-state index >= 15 is 0 Å². The lowest BCUT2D eigenvalue weighted by Crippen LogP contribution is -3.00. The number of hydrogen-bond donors (Lipinski definition) is 2. The maximum Gasteiger partial charge on any atom is 0.157 e. The molecule has 0 fully saturated rings. The number of unbranched alkanes of at least 4 members (excludes halogenated alkanes) is 22. The Balaban J connectivity index is 0. The molecule has 0 radical (unpaired) electrons. The summed E-state index contributed by atoms with van der Waals surface area (Å²) in [6, 6.07) is 0. The predicted octanol–water partition coefficient (Wildman–Crippen LogP) is 8.37. The van der Waals surface area contributed by atoms with Gasteiger partial charge in [-0.1, -0.05) is 142 Å². The first kappa shape index (κ1) is 49.2. The van der Waals surface area contributed by atoms with E-state index < -0.39 is 0 Å². The van der Waals surface area contributed by atoms with Gasteiger partial charge in [0.15, 0.2) is 11.6 Å². The Labute approximate surface area is 317 Å². The van der Waals surface area contributed by atoms with Crippen LogP contribution < -0.4 is 34.6 Å². The first-order valence-corrected chi connectivity index (χ1v) is 20.6. The van der Waals surface area contributed by atoms with Gasteiger partial charge in [-0.25, -0.2) is 0 Å². The number of ketones is 2. The van der Waals surface area contributed by atoms with Crippen LogP contribution in [-0.2, 0) is 9.59 Å². The number of allylic oxidation sites excluding steroid dienone is 2. The molecule has 0 rings (SSSR count). The molecule has 0 aromatic rings. The summed E-state index contributed by atoms with van der Waals surface area (Å²) in [7, 11) is 3.67. The molecule has 0 bridgehead atoms. The number of hydrogen-bond acceptors (Lipinski definition) is 4. The zero-order valence-corrected chi connectivity index (χ0v) is 34.7. The van der Waals surface area contributed by atoms with Crippen molar-refractivity contribution in [1.29, 1.82) is 0 Å². The van der Waals surface area contributed by atoms with Crippen molar-refractivity contribution in [2.75, 3.05) is 40.3 Å². The van der Waals surface area contributed by atoms with Gasteiger partial charge in [-0.15, -0.1) is 0 Å². The van der Waals surface area contributed by atoms with Crippen LogP contribution in [0.1, 0.15) is 194 Å². The van der Waals surface area contributed by atoms with Crippen LogP contribution in [0, 0.1) is 0 Å². The van der Waals surface area contributed by atoms with E-state index in [0.717, 1.165) is 30.4 Å². The molecule has 48 heavy (non-hydrogen) atoms. The van der Waals surface area contributed by atoms with Gasteiger partial charge in [0.2, 0.25) is 0 Å². The smallest absolute Gasteiger partial charge is 0.157 e. The quantitative estimate of drug-likeness (QED) is 0.0286. The molecule has 0 aromatic heterocycles. The number of rotatable bonds is 38. The third-order valence-electron chi connectivity index (χ3n) is 9.96. The van der Waals surface area contributed by atoms with Crippen LogP contribution in [0.15, 0.2) is 24.6 Å². The highest BCUT2D eigenvalue weighted by Gasteiger charge is 2.26. The molecule has 0 saturated carbocycles. The second-order valence-corrected chi connectivity index (χ2v) is 14.4. The van der Waals surface area contributed by atoms with E-state index in [2.05, 4.69) is 24.5 Å². The van der Waals surface area contributed by atoms with Gasteiger partial charge in [0.05, 0.1) is 26.2 Å². The topological polar surface area (TPSA) is 58.2 Å². The van der Waals surface area contributed by atoms with Crippen molar-refractivity contribution in [1.82, 2.24) is 10.6 Å². The Morgan fingerprint density at radius 2 is 0.667 bits per heavy atom. The Morgan fingerprint density at radius 3 is 0.938 bits per heavy atom. The highest BCUT2D eigenvalue weighted by Crippen LogP contribution is 2.20. The molecule has 0 aliphatic rings. The minimum Gasteiger partial charge on any atom is -1.00 e. The minimum atomic E-state index is 0. The third-order valence-corrected chi connectivity index (χ3v) is 9.96. The van der Waals surface area contributed by atoms with Gasteiger partial charge in [-0.3, -0.25) is 9.59 Å². The lowest BCUT2D eigenvalue weighted by Gasteiger charge is -2.39. The van der Waals surface area contributed by atoms with Gasteiger partial charge in [-0.05, 0) is 50.2 Å². The fourth-order valence-corrected chi connectivity index (χ4v) is 6.94. The summed E-state index contributed by atoms with van der Waals surface area (Å²) in [6.07, 6.45) is 42.8. The zero-order chi connectivity index (χ0) is 34.5. The van der Waals surface area contributed by atoms with Crippen LogP contribution in [0.3, 0.4) is 0 Å². The molecular weight excluding hydrogens is 705 g/mol. The zero-order valence-electron chi connectivity index (χ0n) is 32.6. The Bertz CT molecular complexity index is 693. The van der Waals surface area contributed by atoms with Crippen LogP contribution >= 0.6 is 0 Å². The molecule has 0 atom stereocenters. The SMILES string of the molecule is CCCCCCCCCCCCCC[N+](CCCCCCCCCCCCCC)(CCCC(=O)C=CNC)CCCC(=O)C=CNC.[I-]. The average Bonchev–Trinajstić information content (AvgIpc) is 3.07. The summed E-state index contributed by atoms with van der Waals surface area (Å²) < 4.78 is 1.08. The van der Waals surface area contributed by atoms with E-state index in [1.807, 2.05) is 14.1 Å². The van der Waals surface area contributed by atoms with Crippen LogP contribution in [0.5, 0.6) is 0 Å². The second kappa shape index (κ2) is 38.9. The van der Waals surface area contributed by atoms with E-state index in [1.165, 1.54) is 167 Å². The molecule has 0 unspecified atom stereocenters. The molecule has 2 N–H and O–H groups in total. The number of carbonyl (C=O) groups is 2. The molecule has 0 amide bonds. The van der Waals surface area contributed by atoms with Crippen LogP contribution in [-0.4, -0.2) is 56.3 Å². The fourth-order valence-electron chi connectivity index (χ4n) is 6.94. The maximum atomic E-state index is 12.4. The van der Waals surface area contributed by atoms with Gasteiger partial charge in [0.25, 0.3) is 0 Å². The summed E-state index contributed by atoms with van der Waals surface area (Å²) in [5.41, 5.74) is 0. The van der Waals surface area contributed by atoms with Crippen molar-refractivity contribution in [3.63, 3.8) is 0 Å². The number of nitrogens with zero attached hydrogens (tertiary/aromatic N) is 1. The normalized spacial score (nSPS) is 11.8. The van der Waals surface area contributed by atoms with E-state index in [4.69, 9.17) is 0 Å². The molecule has 0 aliphatic carbocycles. The van der Waals surface area contributed by atoms with Gasteiger partial charge in [0.1, 0.15) is 0 Å². The molecule has 0 aliphatic heterocycles. The summed E-state index contributed by atoms with van der Waals surface area (Å²) in [5.74, 6) is 0.418. The lowest BCUT2D eigenvalue weighted by molar-refractivity contribution is -0.929. The summed E-state index contributed by atoms with van der Waals surface area (Å²) >= 11 is 0. The Morgan fingerprint density at radius 1 is 0.417 bits per heavy atom.